The lowest BCUT2D eigenvalue weighted by Crippen LogP contribution is -2.26. The first-order chi connectivity index (χ1) is 19.6. The Morgan fingerprint density at radius 1 is 0.675 bits per heavy atom. The zero-order valence-electron chi connectivity index (χ0n) is 24.9. The Kier molecular flexibility index (Phi) is 14.2. The van der Waals surface area contributed by atoms with Crippen molar-refractivity contribution < 1.29 is 14.3 Å². The van der Waals surface area contributed by atoms with Crippen LogP contribution in [0.3, 0.4) is 0 Å². The first-order valence-electron chi connectivity index (χ1n) is 15.5. The standard InChI is InChI=1S/C35H48N2O3/c1-4-6-8-10-11-12-13-14-16-29-17-19-30(20-18-29)32-26-36-34(37-27-32)31-21-23-33(24-22-31)40-28(3)35(38)39-25-15-9-7-5-2/h17-24,26-28H,4-16,25H2,1-3H3. The number of benzene rings is 2. The van der Waals surface area contributed by atoms with Crippen LogP contribution in [0.4, 0.5) is 0 Å². The fourth-order valence-electron chi connectivity index (χ4n) is 4.71. The first-order valence-corrected chi connectivity index (χ1v) is 15.5. The minimum atomic E-state index is -0.653. The van der Waals surface area contributed by atoms with Crippen LogP contribution in [-0.4, -0.2) is 28.6 Å². The lowest BCUT2D eigenvalue weighted by molar-refractivity contribution is -0.151. The van der Waals surface area contributed by atoms with Gasteiger partial charge in [-0.05, 0) is 61.6 Å². The van der Waals surface area contributed by atoms with Crippen LogP contribution < -0.4 is 4.74 Å². The van der Waals surface area contributed by atoms with Gasteiger partial charge in [0.15, 0.2) is 11.9 Å². The summed E-state index contributed by atoms with van der Waals surface area (Å²) in [5.74, 6) is 0.935. The van der Waals surface area contributed by atoms with Crippen LogP contribution in [0.25, 0.3) is 22.5 Å². The van der Waals surface area contributed by atoms with Crippen molar-refractivity contribution in [1.82, 2.24) is 9.97 Å². The summed E-state index contributed by atoms with van der Waals surface area (Å²) in [6.07, 6.45) is 19.3. The molecule has 0 radical (unpaired) electrons. The van der Waals surface area contributed by atoms with Gasteiger partial charge in [-0.15, -0.1) is 0 Å². The Labute approximate surface area is 241 Å². The van der Waals surface area contributed by atoms with Crippen molar-refractivity contribution in [3.63, 3.8) is 0 Å². The van der Waals surface area contributed by atoms with E-state index >= 15 is 0 Å². The van der Waals surface area contributed by atoms with E-state index in [1.807, 2.05) is 36.7 Å². The number of hydrogen-bond acceptors (Lipinski definition) is 5. The number of rotatable bonds is 19. The molecule has 1 aromatic heterocycles. The molecule has 40 heavy (non-hydrogen) atoms. The maximum Gasteiger partial charge on any atom is 0.347 e. The van der Waals surface area contributed by atoms with Crippen molar-refractivity contribution in [3.8, 4) is 28.3 Å². The number of carbonyl (C=O) groups excluding carboxylic acids is 1. The van der Waals surface area contributed by atoms with Gasteiger partial charge in [-0.25, -0.2) is 14.8 Å². The summed E-state index contributed by atoms with van der Waals surface area (Å²) in [7, 11) is 0. The molecule has 0 saturated carbocycles. The van der Waals surface area contributed by atoms with Gasteiger partial charge in [-0.2, -0.15) is 0 Å². The highest BCUT2D eigenvalue weighted by atomic mass is 16.6. The van der Waals surface area contributed by atoms with Gasteiger partial charge in [0.2, 0.25) is 0 Å². The van der Waals surface area contributed by atoms with Gasteiger partial charge in [-0.3, -0.25) is 0 Å². The van der Waals surface area contributed by atoms with E-state index in [2.05, 4.69) is 48.1 Å². The number of nitrogens with zero attached hydrogens (tertiary/aromatic N) is 2. The predicted octanol–water partition coefficient (Wildman–Crippen LogP) is 9.38. The van der Waals surface area contributed by atoms with E-state index in [9.17, 15) is 4.79 Å². The van der Waals surface area contributed by atoms with Gasteiger partial charge in [-0.1, -0.05) is 102 Å². The Balaban J connectivity index is 1.43. The maximum atomic E-state index is 12.2. The highest BCUT2D eigenvalue weighted by Gasteiger charge is 2.16. The number of ether oxygens (including phenoxy) is 2. The Morgan fingerprint density at radius 3 is 1.85 bits per heavy atom. The fraction of sp³-hybridized carbons (Fsp3) is 0.514. The summed E-state index contributed by atoms with van der Waals surface area (Å²) in [4.78, 5) is 21.4. The molecule has 0 saturated heterocycles. The van der Waals surface area contributed by atoms with Crippen molar-refractivity contribution in [2.45, 2.75) is 110 Å². The molecule has 0 bridgehead atoms. The summed E-state index contributed by atoms with van der Waals surface area (Å²) < 4.78 is 11.1. The zero-order valence-corrected chi connectivity index (χ0v) is 24.9. The van der Waals surface area contributed by atoms with E-state index in [0.29, 0.717) is 18.2 Å². The van der Waals surface area contributed by atoms with Gasteiger partial charge in [0.1, 0.15) is 5.75 Å². The third-order valence-corrected chi connectivity index (χ3v) is 7.26. The van der Waals surface area contributed by atoms with Crippen LogP contribution in [0.1, 0.15) is 103 Å². The molecule has 1 atom stereocenters. The van der Waals surface area contributed by atoms with Crippen molar-refractivity contribution in [2.75, 3.05) is 6.61 Å². The van der Waals surface area contributed by atoms with Crippen molar-refractivity contribution >= 4 is 5.97 Å². The van der Waals surface area contributed by atoms with Crippen molar-refractivity contribution in [1.29, 1.82) is 0 Å². The molecule has 0 aliphatic rings. The first kappa shape index (κ1) is 31.3. The highest BCUT2D eigenvalue weighted by Crippen LogP contribution is 2.24. The lowest BCUT2D eigenvalue weighted by atomic mass is 10.0. The number of hydrogen-bond donors (Lipinski definition) is 0. The monoisotopic (exact) mass is 544 g/mol. The second kappa shape index (κ2) is 18.2. The Bertz CT molecular complexity index is 1090. The molecule has 0 amide bonds. The molecule has 3 aromatic rings. The largest absolute Gasteiger partial charge is 0.479 e. The van der Waals surface area contributed by atoms with Crippen LogP contribution >= 0.6 is 0 Å². The quantitative estimate of drug-likeness (QED) is 0.111. The fourth-order valence-corrected chi connectivity index (χ4v) is 4.71. The third-order valence-electron chi connectivity index (χ3n) is 7.26. The minimum Gasteiger partial charge on any atom is -0.479 e. The van der Waals surface area contributed by atoms with E-state index < -0.39 is 6.10 Å². The number of carbonyl (C=O) groups is 1. The van der Waals surface area contributed by atoms with Crippen LogP contribution in [0.2, 0.25) is 0 Å². The second-order valence-corrected chi connectivity index (χ2v) is 10.7. The third kappa shape index (κ3) is 11.1. The predicted molar refractivity (Wildman–Crippen MR) is 164 cm³/mol. The molecule has 216 valence electrons. The van der Waals surface area contributed by atoms with E-state index in [-0.39, 0.29) is 5.97 Å². The molecule has 0 N–H and O–H groups in total. The van der Waals surface area contributed by atoms with Crippen molar-refractivity contribution in [2.24, 2.45) is 0 Å². The Morgan fingerprint density at radius 2 is 1.23 bits per heavy atom. The molecule has 1 heterocycles. The molecule has 0 spiro atoms. The molecule has 1 unspecified atom stereocenters. The number of unbranched alkanes of at least 4 members (excludes halogenated alkanes) is 10. The van der Waals surface area contributed by atoms with Crippen LogP contribution in [0.15, 0.2) is 60.9 Å². The van der Waals surface area contributed by atoms with Crippen LogP contribution in [0.5, 0.6) is 5.75 Å². The van der Waals surface area contributed by atoms with Gasteiger partial charge < -0.3 is 9.47 Å². The van der Waals surface area contributed by atoms with Crippen LogP contribution in [-0.2, 0) is 16.0 Å². The lowest BCUT2D eigenvalue weighted by Gasteiger charge is -2.14. The molecule has 0 fully saturated rings. The summed E-state index contributed by atoms with van der Waals surface area (Å²) in [6, 6.07) is 16.3. The molecule has 5 heteroatoms. The topological polar surface area (TPSA) is 61.3 Å². The molecule has 0 aliphatic heterocycles. The van der Waals surface area contributed by atoms with E-state index in [0.717, 1.165) is 48.8 Å². The van der Waals surface area contributed by atoms with Gasteiger partial charge in [0.25, 0.3) is 0 Å². The highest BCUT2D eigenvalue weighted by molar-refractivity contribution is 5.74. The summed E-state index contributed by atoms with van der Waals surface area (Å²) in [5, 5.41) is 0. The average molecular weight is 545 g/mol. The molecule has 2 aromatic carbocycles. The van der Waals surface area contributed by atoms with E-state index in [1.54, 1.807) is 6.92 Å². The number of aryl methyl sites for hydroxylation is 1. The summed E-state index contributed by atoms with van der Waals surface area (Å²) in [6.45, 7) is 6.59. The second-order valence-electron chi connectivity index (χ2n) is 10.7. The Hall–Kier alpha value is -3.21. The van der Waals surface area contributed by atoms with Crippen molar-refractivity contribution in [3.05, 3.63) is 66.5 Å². The van der Waals surface area contributed by atoms with E-state index in [4.69, 9.17) is 9.47 Å². The molecule has 0 aliphatic carbocycles. The maximum absolute atomic E-state index is 12.2. The molecular formula is C35H48N2O3. The normalized spacial score (nSPS) is 11.8. The summed E-state index contributed by atoms with van der Waals surface area (Å²) >= 11 is 0. The number of esters is 1. The van der Waals surface area contributed by atoms with Gasteiger partial charge in [0, 0.05) is 23.5 Å². The average Bonchev–Trinajstić information content (AvgIpc) is 2.99. The minimum absolute atomic E-state index is 0.333. The molecule has 5 nitrogen and oxygen atoms in total. The summed E-state index contributed by atoms with van der Waals surface area (Å²) in [5.41, 5.74) is 4.42. The van der Waals surface area contributed by atoms with Crippen LogP contribution in [0, 0.1) is 0 Å². The zero-order chi connectivity index (χ0) is 28.4. The molecule has 3 rings (SSSR count). The molecular weight excluding hydrogens is 496 g/mol. The SMILES string of the molecule is CCCCCCCCCCc1ccc(-c2cnc(-c3ccc(OC(C)C(=O)OCCCCCC)cc3)nc2)cc1. The van der Waals surface area contributed by atoms with E-state index in [1.165, 1.54) is 56.9 Å². The number of aromatic nitrogens is 2. The van der Waals surface area contributed by atoms with Gasteiger partial charge in [0.05, 0.1) is 6.61 Å². The smallest absolute Gasteiger partial charge is 0.347 e. The van der Waals surface area contributed by atoms with Gasteiger partial charge >= 0.3 is 5.97 Å².